The highest BCUT2D eigenvalue weighted by molar-refractivity contribution is 5.46. The predicted octanol–water partition coefficient (Wildman–Crippen LogP) is 2.79. The molecule has 2 aromatic rings. The highest BCUT2D eigenvalue weighted by atomic mass is 19.1. The molecule has 17 heavy (non-hydrogen) atoms. The lowest BCUT2D eigenvalue weighted by molar-refractivity contribution is 0.612. The van der Waals surface area contributed by atoms with Crippen LogP contribution in [-0.2, 0) is 13.6 Å². The van der Waals surface area contributed by atoms with Gasteiger partial charge in [0.2, 0.25) is 0 Å². The minimum Gasteiger partial charge on any atom is -0.378 e. The molecule has 2 rings (SSSR count). The molecule has 4 heteroatoms. The standard InChI is InChI=1S/C13H16FN3/c1-9-4-5-12(14)11(6-9)7-15-13-8-17(3)16-10(13)2/h4-6,8,15H,7H2,1-3H3. The van der Waals surface area contributed by atoms with Crippen molar-refractivity contribution in [3.8, 4) is 0 Å². The van der Waals surface area contributed by atoms with Crippen molar-refractivity contribution in [3.05, 3.63) is 47.0 Å². The molecular weight excluding hydrogens is 217 g/mol. The van der Waals surface area contributed by atoms with Crippen LogP contribution >= 0.6 is 0 Å². The first-order chi connectivity index (χ1) is 8.06. The predicted molar refractivity (Wildman–Crippen MR) is 66.4 cm³/mol. The van der Waals surface area contributed by atoms with Gasteiger partial charge in [-0.15, -0.1) is 0 Å². The van der Waals surface area contributed by atoms with Gasteiger partial charge in [0.05, 0.1) is 11.4 Å². The molecule has 0 aliphatic heterocycles. The third-order valence-electron chi connectivity index (χ3n) is 2.68. The van der Waals surface area contributed by atoms with Crippen molar-refractivity contribution < 1.29 is 4.39 Å². The van der Waals surface area contributed by atoms with Gasteiger partial charge in [0.15, 0.2) is 0 Å². The number of halogens is 1. The molecule has 1 N–H and O–H groups in total. The number of aryl methyl sites for hydroxylation is 3. The maximum atomic E-state index is 13.5. The summed E-state index contributed by atoms with van der Waals surface area (Å²) in [5, 5.41) is 7.42. The lowest BCUT2D eigenvalue weighted by Gasteiger charge is -2.07. The Morgan fingerprint density at radius 3 is 2.76 bits per heavy atom. The van der Waals surface area contributed by atoms with Crippen molar-refractivity contribution >= 4 is 5.69 Å². The van der Waals surface area contributed by atoms with Gasteiger partial charge in [-0.2, -0.15) is 5.10 Å². The number of hydrogen-bond acceptors (Lipinski definition) is 2. The lowest BCUT2D eigenvalue weighted by atomic mass is 10.1. The van der Waals surface area contributed by atoms with E-state index >= 15 is 0 Å². The quantitative estimate of drug-likeness (QED) is 0.883. The molecule has 0 atom stereocenters. The van der Waals surface area contributed by atoms with Crippen LogP contribution in [0.1, 0.15) is 16.8 Å². The number of nitrogens with zero attached hydrogens (tertiary/aromatic N) is 2. The zero-order valence-corrected chi connectivity index (χ0v) is 10.3. The largest absolute Gasteiger partial charge is 0.378 e. The van der Waals surface area contributed by atoms with E-state index in [1.165, 1.54) is 6.07 Å². The number of nitrogens with one attached hydrogen (secondary N) is 1. The molecule has 0 saturated carbocycles. The van der Waals surface area contributed by atoms with Gasteiger partial charge in [-0.05, 0) is 19.9 Å². The fourth-order valence-corrected chi connectivity index (χ4v) is 1.80. The van der Waals surface area contributed by atoms with Crippen molar-refractivity contribution in [2.45, 2.75) is 20.4 Å². The SMILES string of the molecule is Cc1ccc(F)c(CNc2cn(C)nc2C)c1. The van der Waals surface area contributed by atoms with Crippen molar-refractivity contribution in [1.29, 1.82) is 0 Å². The van der Waals surface area contributed by atoms with Crippen LogP contribution in [0, 0.1) is 19.7 Å². The Kier molecular flexibility index (Phi) is 3.13. The first-order valence-corrected chi connectivity index (χ1v) is 5.55. The Hall–Kier alpha value is -1.84. The average Bonchev–Trinajstić information content (AvgIpc) is 2.59. The molecule has 0 aliphatic rings. The Morgan fingerprint density at radius 1 is 1.35 bits per heavy atom. The summed E-state index contributed by atoms with van der Waals surface area (Å²) in [5.74, 6) is -0.176. The summed E-state index contributed by atoms with van der Waals surface area (Å²) in [5.41, 5.74) is 3.59. The van der Waals surface area contributed by atoms with E-state index in [9.17, 15) is 4.39 Å². The molecule has 0 bridgehead atoms. The molecule has 0 amide bonds. The van der Waals surface area contributed by atoms with Gasteiger partial charge in [0, 0.05) is 25.4 Å². The van der Waals surface area contributed by atoms with Gasteiger partial charge >= 0.3 is 0 Å². The second kappa shape index (κ2) is 4.57. The molecule has 1 aromatic carbocycles. The van der Waals surface area contributed by atoms with Crippen LogP contribution in [0.15, 0.2) is 24.4 Å². The summed E-state index contributed by atoms with van der Waals surface area (Å²) in [6.07, 6.45) is 1.89. The van der Waals surface area contributed by atoms with E-state index in [1.807, 2.05) is 33.2 Å². The topological polar surface area (TPSA) is 29.9 Å². The smallest absolute Gasteiger partial charge is 0.128 e. The molecule has 0 spiro atoms. The van der Waals surface area contributed by atoms with Crippen molar-refractivity contribution in [2.24, 2.45) is 7.05 Å². The van der Waals surface area contributed by atoms with Crippen molar-refractivity contribution in [2.75, 3.05) is 5.32 Å². The van der Waals surface area contributed by atoms with Gasteiger partial charge in [0.1, 0.15) is 5.82 Å². The minimum absolute atomic E-state index is 0.176. The zero-order valence-electron chi connectivity index (χ0n) is 10.3. The normalized spacial score (nSPS) is 10.6. The Labute approximate surface area is 100 Å². The lowest BCUT2D eigenvalue weighted by Crippen LogP contribution is -2.02. The van der Waals surface area contributed by atoms with Crippen LogP contribution in [0.2, 0.25) is 0 Å². The van der Waals surface area contributed by atoms with Gasteiger partial charge in [0.25, 0.3) is 0 Å². The summed E-state index contributed by atoms with van der Waals surface area (Å²) in [6.45, 7) is 4.35. The molecule has 1 aromatic heterocycles. The second-order valence-corrected chi connectivity index (χ2v) is 4.25. The average molecular weight is 233 g/mol. The Balaban J connectivity index is 2.12. The first-order valence-electron chi connectivity index (χ1n) is 5.55. The van der Waals surface area contributed by atoms with Gasteiger partial charge in [-0.25, -0.2) is 4.39 Å². The molecule has 0 saturated heterocycles. The third kappa shape index (κ3) is 2.64. The fraction of sp³-hybridized carbons (Fsp3) is 0.308. The van der Waals surface area contributed by atoms with E-state index < -0.39 is 0 Å². The summed E-state index contributed by atoms with van der Waals surface area (Å²) < 4.78 is 15.3. The van der Waals surface area contributed by atoms with E-state index in [2.05, 4.69) is 10.4 Å². The van der Waals surface area contributed by atoms with Crippen LogP contribution in [0.4, 0.5) is 10.1 Å². The van der Waals surface area contributed by atoms with Gasteiger partial charge in [-0.3, -0.25) is 4.68 Å². The molecule has 1 heterocycles. The summed E-state index contributed by atoms with van der Waals surface area (Å²) in [7, 11) is 1.87. The summed E-state index contributed by atoms with van der Waals surface area (Å²) >= 11 is 0. The highest BCUT2D eigenvalue weighted by Gasteiger charge is 2.05. The summed E-state index contributed by atoms with van der Waals surface area (Å²) in [6, 6.07) is 5.13. The number of benzene rings is 1. The Bertz CT molecular complexity index is 531. The highest BCUT2D eigenvalue weighted by Crippen LogP contribution is 2.15. The van der Waals surface area contributed by atoms with E-state index in [1.54, 1.807) is 10.7 Å². The fourth-order valence-electron chi connectivity index (χ4n) is 1.80. The maximum absolute atomic E-state index is 13.5. The van der Waals surface area contributed by atoms with Crippen LogP contribution in [0.25, 0.3) is 0 Å². The minimum atomic E-state index is -0.176. The van der Waals surface area contributed by atoms with E-state index in [-0.39, 0.29) is 5.82 Å². The van der Waals surface area contributed by atoms with Crippen LogP contribution in [0.3, 0.4) is 0 Å². The number of anilines is 1. The first kappa shape index (κ1) is 11.6. The zero-order chi connectivity index (χ0) is 12.4. The van der Waals surface area contributed by atoms with Crippen molar-refractivity contribution in [3.63, 3.8) is 0 Å². The molecule has 0 radical (unpaired) electrons. The monoisotopic (exact) mass is 233 g/mol. The molecule has 90 valence electrons. The second-order valence-electron chi connectivity index (χ2n) is 4.25. The van der Waals surface area contributed by atoms with Crippen LogP contribution < -0.4 is 5.32 Å². The van der Waals surface area contributed by atoms with E-state index in [4.69, 9.17) is 0 Å². The van der Waals surface area contributed by atoms with E-state index in [0.717, 1.165) is 16.9 Å². The molecule has 3 nitrogen and oxygen atoms in total. The number of rotatable bonds is 3. The van der Waals surface area contributed by atoms with Gasteiger partial charge in [-0.1, -0.05) is 17.7 Å². The Morgan fingerprint density at radius 2 is 2.12 bits per heavy atom. The van der Waals surface area contributed by atoms with Crippen molar-refractivity contribution in [1.82, 2.24) is 9.78 Å². The van der Waals surface area contributed by atoms with Crippen LogP contribution in [-0.4, -0.2) is 9.78 Å². The maximum Gasteiger partial charge on any atom is 0.128 e. The van der Waals surface area contributed by atoms with E-state index in [0.29, 0.717) is 12.1 Å². The molecule has 0 fully saturated rings. The number of hydrogen-bond donors (Lipinski definition) is 1. The number of aromatic nitrogens is 2. The summed E-state index contributed by atoms with van der Waals surface area (Å²) in [4.78, 5) is 0. The molecular formula is C13H16FN3. The molecule has 0 aliphatic carbocycles. The molecule has 0 unspecified atom stereocenters. The van der Waals surface area contributed by atoms with Gasteiger partial charge < -0.3 is 5.32 Å². The van der Waals surface area contributed by atoms with Crippen LogP contribution in [0.5, 0.6) is 0 Å². The third-order valence-corrected chi connectivity index (χ3v) is 2.68.